The van der Waals surface area contributed by atoms with Crippen molar-refractivity contribution in [2.24, 2.45) is 0 Å². The van der Waals surface area contributed by atoms with Crippen LogP contribution in [0, 0.1) is 0 Å². The normalized spacial score (nSPS) is 18.6. The van der Waals surface area contributed by atoms with E-state index in [9.17, 15) is 4.79 Å². The lowest BCUT2D eigenvalue weighted by molar-refractivity contribution is 0.0974. The zero-order valence-electron chi connectivity index (χ0n) is 10.4. The predicted molar refractivity (Wildman–Crippen MR) is 76.7 cm³/mol. The summed E-state index contributed by atoms with van der Waals surface area (Å²) in [4.78, 5) is 12.3. The van der Waals surface area contributed by atoms with E-state index >= 15 is 0 Å². The minimum absolute atomic E-state index is 0.0217. The zero-order chi connectivity index (χ0) is 13.0. The Balaban J connectivity index is 1.95. The van der Waals surface area contributed by atoms with Crippen LogP contribution in [0.2, 0.25) is 5.02 Å². The van der Waals surface area contributed by atoms with Gasteiger partial charge in [-0.3, -0.25) is 4.79 Å². The lowest BCUT2D eigenvalue weighted by Crippen LogP contribution is -2.23. The number of hydrogen-bond acceptors (Lipinski definition) is 3. The maximum absolute atomic E-state index is 12.3. The first-order chi connectivity index (χ1) is 8.66. The molecule has 1 aromatic carbocycles. The standard InChI is InChI=1S/C14H17ClO2S/c1-10(18-13-5-7-17-8-6-13)14(16)11-3-2-4-12(15)9-11/h2-4,9-10,13H,5-8H2,1H3. The van der Waals surface area contributed by atoms with Crippen LogP contribution in [0.1, 0.15) is 30.1 Å². The Bertz CT molecular complexity index is 416. The third-order valence-electron chi connectivity index (χ3n) is 3.04. The molecule has 0 aromatic heterocycles. The van der Waals surface area contributed by atoms with E-state index < -0.39 is 0 Å². The van der Waals surface area contributed by atoms with Gasteiger partial charge in [0.25, 0.3) is 0 Å². The highest BCUT2D eigenvalue weighted by atomic mass is 35.5. The zero-order valence-corrected chi connectivity index (χ0v) is 12.0. The van der Waals surface area contributed by atoms with Gasteiger partial charge in [0.15, 0.2) is 5.78 Å². The fourth-order valence-electron chi connectivity index (χ4n) is 2.04. The van der Waals surface area contributed by atoms with Gasteiger partial charge in [0.05, 0.1) is 5.25 Å². The number of halogens is 1. The van der Waals surface area contributed by atoms with Crippen molar-refractivity contribution in [2.75, 3.05) is 13.2 Å². The summed E-state index contributed by atoms with van der Waals surface area (Å²) in [5, 5.41) is 1.13. The van der Waals surface area contributed by atoms with Gasteiger partial charge in [-0.2, -0.15) is 0 Å². The molecule has 4 heteroatoms. The molecule has 1 aliphatic rings. The topological polar surface area (TPSA) is 26.3 Å². The van der Waals surface area contributed by atoms with Gasteiger partial charge in [-0.05, 0) is 31.9 Å². The third-order valence-corrected chi connectivity index (χ3v) is 4.76. The van der Waals surface area contributed by atoms with Crippen LogP contribution in [0.15, 0.2) is 24.3 Å². The van der Waals surface area contributed by atoms with Crippen LogP contribution in [-0.4, -0.2) is 29.5 Å². The molecule has 0 aliphatic carbocycles. The Morgan fingerprint density at radius 1 is 1.44 bits per heavy atom. The van der Waals surface area contributed by atoms with E-state index in [4.69, 9.17) is 16.3 Å². The summed E-state index contributed by atoms with van der Waals surface area (Å²) in [7, 11) is 0. The van der Waals surface area contributed by atoms with Crippen LogP contribution in [0.4, 0.5) is 0 Å². The summed E-state index contributed by atoms with van der Waals surface area (Å²) < 4.78 is 5.33. The van der Waals surface area contributed by atoms with Crippen molar-refractivity contribution >= 4 is 29.1 Å². The van der Waals surface area contributed by atoms with Crippen molar-refractivity contribution in [3.8, 4) is 0 Å². The van der Waals surface area contributed by atoms with Crippen molar-refractivity contribution in [1.29, 1.82) is 0 Å². The van der Waals surface area contributed by atoms with E-state index in [0.717, 1.165) is 26.1 Å². The Hall–Kier alpha value is -0.510. The minimum Gasteiger partial charge on any atom is -0.381 e. The second-order valence-corrected chi connectivity index (χ2v) is 6.55. The molecule has 0 spiro atoms. The molecule has 0 N–H and O–H groups in total. The van der Waals surface area contributed by atoms with Crippen LogP contribution in [-0.2, 0) is 4.74 Å². The highest BCUT2D eigenvalue weighted by molar-refractivity contribution is 8.01. The average Bonchev–Trinajstić information content (AvgIpc) is 2.39. The monoisotopic (exact) mass is 284 g/mol. The first-order valence-electron chi connectivity index (χ1n) is 6.20. The van der Waals surface area contributed by atoms with Gasteiger partial charge in [-0.15, -0.1) is 11.8 Å². The molecule has 0 bridgehead atoms. The Labute approximate surface area is 117 Å². The number of rotatable bonds is 4. The molecule has 18 heavy (non-hydrogen) atoms. The highest BCUT2D eigenvalue weighted by Gasteiger charge is 2.22. The second kappa shape index (κ2) is 6.60. The van der Waals surface area contributed by atoms with Crippen molar-refractivity contribution < 1.29 is 9.53 Å². The van der Waals surface area contributed by atoms with Gasteiger partial charge < -0.3 is 4.74 Å². The number of Topliss-reactive ketones (excluding diaryl/α,β-unsaturated/α-hetero) is 1. The van der Waals surface area contributed by atoms with Gasteiger partial charge in [0.2, 0.25) is 0 Å². The van der Waals surface area contributed by atoms with Crippen molar-refractivity contribution in [3.05, 3.63) is 34.9 Å². The number of benzene rings is 1. The summed E-state index contributed by atoms with van der Waals surface area (Å²) in [6.07, 6.45) is 2.08. The number of carbonyl (C=O) groups excluding carboxylic acids is 1. The molecule has 1 aliphatic heterocycles. The summed E-state index contributed by atoms with van der Waals surface area (Å²) >= 11 is 7.67. The SMILES string of the molecule is CC(SC1CCOCC1)C(=O)c1cccc(Cl)c1. The minimum atomic E-state index is -0.0217. The van der Waals surface area contributed by atoms with Crippen LogP contribution in [0.3, 0.4) is 0 Å². The molecular formula is C14H17ClO2S. The second-order valence-electron chi connectivity index (χ2n) is 4.46. The van der Waals surface area contributed by atoms with Crippen molar-refractivity contribution in [2.45, 2.75) is 30.3 Å². The van der Waals surface area contributed by atoms with Crippen LogP contribution >= 0.6 is 23.4 Å². The number of ketones is 1. The average molecular weight is 285 g/mol. The molecular weight excluding hydrogens is 268 g/mol. The van der Waals surface area contributed by atoms with Gasteiger partial charge >= 0.3 is 0 Å². The van der Waals surface area contributed by atoms with E-state index in [1.54, 1.807) is 23.9 Å². The van der Waals surface area contributed by atoms with E-state index in [1.807, 2.05) is 19.1 Å². The molecule has 1 fully saturated rings. The van der Waals surface area contributed by atoms with Crippen LogP contribution in [0.25, 0.3) is 0 Å². The highest BCUT2D eigenvalue weighted by Crippen LogP contribution is 2.28. The van der Waals surface area contributed by atoms with Gasteiger partial charge in [-0.1, -0.05) is 23.7 Å². The molecule has 0 saturated carbocycles. The fraction of sp³-hybridized carbons (Fsp3) is 0.500. The summed E-state index contributed by atoms with van der Waals surface area (Å²) in [5.41, 5.74) is 0.703. The molecule has 1 atom stereocenters. The maximum atomic E-state index is 12.3. The maximum Gasteiger partial charge on any atom is 0.175 e. The number of hydrogen-bond donors (Lipinski definition) is 0. The molecule has 2 nitrogen and oxygen atoms in total. The molecule has 1 aromatic rings. The molecule has 1 unspecified atom stereocenters. The Morgan fingerprint density at radius 2 is 2.17 bits per heavy atom. The van der Waals surface area contributed by atoms with Crippen molar-refractivity contribution in [3.63, 3.8) is 0 Å². The predicted octanol–water partition coefficient (Wildman–Crippen LogP) is 3.82. The molecule has 1 heterocycles. The lowest BCUT2D eigenvalue weighted by Gasteiger charge is -2.24. The smallest absolute Gasteiger partial charge is 0.175 e. The van der Waals surface area contributed by atoms with E-state index in [-0.39, 0.29) is 11.0 Å². The number of carbonyl (C=O) groups is 1. The molecule has 98 valence electrons. The largest absolute Gasteiger partial charge is 0.381 e. The van der Waals surface area contributed by atoms with Crippen LogP contribution in [0.5, 0.6) is 0 Å². The van der Waals surface area contributed by atoms with E-state index in [0.29, 0.717) is 15.8 Å². The lowest BCUT2D eigenvalue weighted by atomic mass is 10.1. The van der Waals surface area contributed by atoms with E-state index in [2.05, 4.69) is 0 Å². The summed E-state index contributed by atoms with van der Waals surface area (Å²) in [5.74, 6) is 0.161. The Kier molecular flexibility index (Phi) is 5.10. The van der Waals surface area contributed by atoms with E-state index in [1.165, 1.54) is 0 Å². The molecule has 1 saturated heterocycles. The Morgan fingerprint density at radius 3 is 2.83 bits per heavy atom. The number of thioether (sulfide) groups is 1. The molecule has 0 radical (unpaired) electrons. The van der Waals surface area contributed by atoms with Crippen LogP contribution < -0.4 is 0 Å². The first-order valence-corrected chi connectivity index (χ1v) is 7.52. The third kappa shape index (κ3) is 3.74. The molecule has 2 rings (SSSR count). The number of ether oxygens (including phenoxy) is 1. The van der Waals surface area contributed by atoms with Crippen molar-refractivity contribution in [1.82, 2.24) is 0 Å². The van der Waals surface area contributed by atoms with Gasteiger partial charge in [0, 0.05) is 29.0 Å². The quantitative estimate of drug-likeness (QED) is 0.786. The molecule has 0 amide bonds. The summed E-state index contributed by atoms with van der Waals surface area (Å²) in [6, 6.07) is 7.18. The van der Waals surface area contributed by atoms with Gasteiger partial charge in [-0.25, -0.2) is 0 Å². The first kappa shape index (κ1) is 13.9. The van der Waals surface area contributed by atoms with Gasteiger partial charge in [0.1, 0.15) is 0 Å². The fourth-order valence-corrected chi connectivity index (χ4v) is 3.53. The summed E-state index contributed by atoms with van der Waals surface area (Å²) in [6.45, 7) is 3.61.